The lowest BCUT2D eigenvalue weighted by molar-refractivity contribution is -0.387. The number of aromatic nitrogens is 2. The smallest absolute Gasteiger partial charge is 0.352 e. The Morgan fingerprint density at radius 1 is 1.44 bits per heavy atom. The minimum atomic E-state index is -0.513. The molecule has 1 aromatic rings. The molecule has 0 aromatic carbocycles. The highest BCUT2D eigenvalue weighted by atomic mass is 16.6. The molecule has 0 saturated heterocycles. The van der Waals surface area contributed by atoms with Crippen LogP contribution in [0.1, 0.15) is 26.5 Å². The number of nitrogens with one attached hydrogen (secondary N) is 1. The molecule has 0 fully saturated rings. The molecule has 0 aliphatic heterocycles. The summed E-state index contributed by atoms with van der Waals surface area (Å²) in [5, 5.41) is 13.9. The molecule has 7 heteroatoms. The van der Waals surface area contributed by atoms with Crippen molar-refractivity contribution in [1.82, 2.24) is 9.97 Å². The van der Waals surface area contributed by atoms with Crippen molar-refractivity contribution in [2.24, 2.45) is 5.92 Å². The van der Waals surface area contributed by atoms with E-state index in [1.165, 1.54) is 0 Å². The van der Waals surface area contributed by atoms with Crippen molar-refractivity contribution < 1.29 is 9.66 Å². The predicted octanol–water partition coefficient (Wildman–Crippen LogP) is 2.16. The molecule has 0 amide bonds. The fourth-order valence-corrected chi connectivity index (χ4v) is 1.33. The highest BCUT2D eigenvalue weighted by molar-refractivity contribution is 5.48. The minimum absolute atomic E-state index is 0.0251. The fraction of sp³-hybridized carbons (Fsp3) is 0.636. The first-order chi connectivity index (χ1) is 8.45. The topological polar surface area (TPSA) is 90.2 Å². The summed E-state index contributed by atoms with van der Waals surface area (Å²) in [6, 6.07) is 0. The normalized spacial score (nSPS) is 10.5. The Balaban J connectivity index is 3.11. The molecule has 0 aliphatic carbocycles. The van der Waals surface area contributed by atoms with Crippen LogP contribution in [0, 0.1) is 23.0 Å². The highest BCUT2D eigenvalue weighted by Crippen LogP contribution is 2.28. The summed E-state index contributed by atoms with van der Waals surface area (Å²) in [6.45, 7) is 8.41. The lowest BCUT2D eigenvalue weighted by Crippen LogP contribution is -2.11. The van der Waals surface area contributed by atoms with E-state index in [1.807, 2.05) is 20.8 Å². The zero-order chi connectivity index (χ0) is 13.7. The van der Waals surface area contributed by atoms with Gasteiger partial charge in [-0.1, -0.05) is 13.8 Å². The second-order valence-electron chi connectivity index (χ2n) is 4.28. The van der Waals surface area contributed by atoms with Crippen molar-refractivity contribution in [3.63, 3.8) is 0 Å². The molecule has 7 nitrogen and oxygen atoms in total. The molecule has 1 aromatic heterocycles. The zero-order valence-corrected chi connectivity index (χ0v) is 11.1. The molecule has 0 atom stereocenters. The van der Waals surface area contributed by atoms with Crippen molar-refractivity contribution in [3.8, 4) is 5.88 Å². The van der Waals surface area contributed by atoms with Crippen LogP contribution in [0.5, 0.6) is 5.88 Å². The van der Waals surface area contributed by atoms with Gasteiger partial charge in [-0.2, -0.15) is 4.98 Å². The Morgan fingerprint density at radius 2 is 2.11 bits per heavy atom. The Hall–Kier alpha value is -1.92. The first-order valence-electron chi connectivity index (χ1n) is 5.85. The highest BCUT2D eigenvalue weighted by Gasteiger charge is 2.23. The lowest BCUT2D eigenvalue weighted by atomic mass is 10.2. The molecule has 1 N–H and O–H groups in total. The van der Waals surface area contributed by atoms with Crippen LogP contribution in [0.15, 0.2) is 0 Å². The van der Waals surface area contributed by atoms with Gasteiger partial charge in [0.1, 0.15) is 5.69 Å². The summed E-state index contributed by atoms with van der Waals surface area (Å²) in [5.74, 6) is 0.638. The quantitative estimate of drug-likeness (QED) is 0.618. The van der Waals surface area contributed by atoms with E-state index in [9.17, 15) is 10.1 Å². The lowest BCUT2D eigenvalue weighted by Gasteiger charge is -2.10. The van der Waals surface area contributed by atoms with Crippen LogP contribution < -0.4 is 10.1 Å². The number of hydrogen-bond acceptors (Lipinski definition) is 6. The van der Waals surface area contributed by atoms with Crippen molar-refractivity contribution in [2.45, 2.75) is 27.7 Å². The average Bonchev–Trinajstić information content (AvgIpc) is 2.25. The molecule has 100 valence electrons. The predicted molar refractivity (Wildman–Crippen MR) is 67.9 cm³/mol. The van der Waals surface area contributed by atoms with E-state index < -0.39 is 4.92 Å². The molecular weight excluding hydrogens is 236 g/mol. The molecule has 1 heterocycles. The van der Waals surface area contributed by atoms with Crippen LogP contribution in [0.2, 0.25) is 0 Å². The summed E-state index contributed by atoms with van der Waals surface area (Å²) < 4.78 is 5.39. The number of aryl methyl sites for hydroxylation is 1. The van der Waals surface area contributed by atoms with Gasteiger partial charge in [0.15, 0.2) is 0 Å². The maximum atomic E-state index is 11.0. The average molecular weight is 254 g/mol. The monoisotopic (exact) mass is 254 g/mol. The largest absolute Gasteiger partial charge is 0.472 e. The Kier molecular flexibility index (Phi) is 4.82. The third-order valence-corrected chi connectivity index (χ3v) is 2.10. The van der Waals surface area contributed by atoms with Gasteiger partial charge in [0, 0.05) is 6.54 Å². The Bertz CT molecular complexity index is 435. The third-order valence-electron chi connectivity index (χ3n) is 2.10. The van der Waals surface area contributed by atoms with Gasteiger partial charge < -0.3 is 10.1 Å². The summed E-state index contributed by atoms with van der Waals surface area (Å²) in [4.78, 5) is 18.5. The standard InChI is InChI=1S/C11H18N4O3/c1-5-12-11-13-8(4)9(15(16)17)10(14-11)18-6-7(2)3/h7H,5-6H2,1-4H3,(H,12,13,14). The molecular formula is C11H18N4O3. The summed E-state index contributed by atoms with van der Waals surface area (Å²) >= 11 is 0. The fourth-order valence-electron chi connectivity index (χ4n) is 1.33. The van der Waals surface area contributed by atoms with Gasteiger partial charge in [-0.25, -0.2) is 4.98 Å². The summed E-state index contributed by atoms with van der Waals surface area (Å²) in [6.07, 6.45) is 0. The second kappa shape index (κ2) is 6.13. The number of ether oxygens (including phenoxy) is 1. The molecule has 18 heavy (non-hydrogen) atoms. The van der Waals surface area contributed by atoms with Crippen LogP contribution in [0.25, 0.3) is 0 Å². The molecule has 1 rings (SSSR count). The van der Waals surface area contributed by atoms with Gasteiger partial charge in [0.25, 0.3) is 5.88 Å². The van der Waals surface area contributed by atoms with Crippen molar-refractivity contribution >= 4 is 11.6 Å². The molecule has 0 aliphatic rings. The van der Waals surface area contributed by atoms with Gasteiger partial charge in [-0.3, -0.25) is 10.1 Å². The summed E-state index contributed by atoms with van der Waals surface area (Å²) in [7, 11) is 0. The molecule has 0 bridgehead atoms. The van der Waals surface area contributed by atoms with Crippen LogP contribution >= 0.6 is 0 Å². The minimum Gasteiger partial charge on any atom is -0.472 e. The summed E-state index contributed by atoms with van der Waals surface area (Å²) in [5.41, 5.74) is 0.127. The number of nitro groups is 1. The molecule has 0 spiro atoms. The van der Waals surface area contributed by atoms with Gasteiger partial charge in [-0.05, 0) is 19.8 Å². The van der Waals surface area contributed by atoms with E-state index >= 15 is 0 Å². The van der Waals surface area contributed by atoms with Gasteiger partial charge in [0.05, 0.1) is 11.5 Å². The SMILES string of the molecule is CCNc1nc(C)c([N+](=O)[O-])c(OCC(C)C)n1. The van der Waals surface area contributed by atoms with Crippen LogP contribution in [0.4, 0.5) is 11.6 Å². The molecule has 0 radical (unpaired) electrons. The van der Waals surface area contributed by atoms with Crippen LogP contribution in [-0.2, 0) is 0 Å². The van der Waals surface area contributed by atoms with E-state index in [1.54, 1.807) is 6.92 Å². The van der Waals surface area contributed by atoms with E-state index in [2.05, 4.69) is 15.3 Å². The Morgan fingerprint density at radius 3 is 2.61 bits per heavy atom. The number of hydrogen-bond donors (Lipinski definition) is 1. The first-order valence-corrected chi connectivity index (χ1v) is 5.85. The van der Waals surface area contributed by atoms with Crippen molar-refractivity contribution in [3.05, 3.63) is 15.8 Å². The maximum Gasteiger partial charge on any atom is 0.352 e. The van der Waals surface area contributed by atoms with Crippen LogP contribution in [0.3, 0.4) is 0 Å². The van der Waals surface area contributed by atoms with E-state index in [4.69, 9.17) is 4.74 Å². The van der Waals surface area contributed by atoms with Gasteiger partial charge in [0.2, 0.25) is 5.95 Å². The number of rotatable bonds is 6. The van der Waals surface area contributed by atoms with E-state index in [0.717, 1.165) is 0 Å². The van der Waals surface area contributed by atoms with Crippen LogP contribution in [-0.4, -0.2) is 28.0 Å². The molecule has 0 saturated carbocycles. The van der Waals surface area contributed by atoms with Crippen molar-refractivity contribution in [1.29, 1.82) is 0 Å². The van der Waals surface area contributed by atoms with Crippen molar-refractivity contribution in [2.75, 3.05) is 18.5 Å². The maximum absolute atomic E-state index is 11.0. The Labute approximate surface area is 106 Å². The second-order valence-corrected chi connectivity index (χ2v) is 4.28. The van der Waals surface area contributed by atoms with Gasteiger partial charge >= 0.3 is 5.69 Å². The first kappa shape index (κ1) is 14.1. The molecule has 0 unspecified atom stereocenters. The van der Waals surface area contributed by atoms with E-state index in [0.29, 0.717) is 24.8 Å². The van der Waals surface area contributed by atoms with Gasteiger partial charge in [-0.15, -0.1) is 0 Å². The number of nitrogens with zero attached hydrogens (tertiary/aromatic N) is 3. The number of anilines is 1. The van der Waals surface area contributed by atoms with E-state index in [-0.39, 0.29) is 17.5 Å². The zero-order valence-electron chi connectivity index (χ0n) is 11.1. The third kappa shape index (κ3) is 3.54.